The van der Waals surface area contributed by atoms with E-state index in [9.17, 15) is 4.39 Å². The standard InChI is InChI=1S/C8H9FN2S.HI/c1-12-8(10)11-7-4-2-6(9)3-5-7;/h2-5H,1H3,(H2,10,11);1H. The first-order valence-corrected chi connectivity index (χ1v) is 4.60. The number of benzene rings is 1. The maximum atomic E-state index is 12.4. The molecule has 0 saturated heterocycles. The highest BCUT2D eigenvalue weighted by Crippen LogP contribution is 2.09. The summed E-state index contributed by atoms with van der Waals surface area (Å²) < 4.78 is 12.4. The van der Waals surface area contributed by atoms with E-state index in [0.29, 0.717) is 5.17 Å². The molecule has 13 heavy (non-hydrogen) atoms. The third-order valence-electron chi connectivity index (χ3n) is 1.31. The van der Waals surface area contributed by atoms with Crippen molar-refractivity contribution in [1.82, 2.24) is 0 Å². The van der Waals surface area contributed by atoms with Crippen molar-refractivity contribution in [2.75, 3.05) is 11.6 Å². The lowest BCUT2D eigenvalue weighted by atomic mass is 10.3. The lowest BCUT2D eigenvalue weighted by Gasteiger charge is -2.03. The first-order chi connectivity index (χ1) is 5.72. The topological polar surface area (TPSA) is 35.9 Å². The van der Waals surface area contributed by atoms with Crippen LogP contribution in [0.4, 0.5) is 10.1 Å². The molecule has 0 aromatic heterocycles. The first kappa shape index (κ1) is 12.7. The van der Waals surface area contributed by atoms with Gasteiger partial charge in [-0.2, -0.15) is 0 Å². The summed E-state index contributed by atoms with van der Waals surface area (Å²) in [5, 5.41) is 10.4. The predicted octanol–water partition coefficient (Wildman–Crippen LogP) is 3.15. The average Bonchev–Trinajstić information content (AvgIpc) is 2.09. The van der Waals surface area contributed by atoms with Gasteiger partial charge in [0.05, 0.1) is 0 Å². The van der Waals surface area contributed by atoms with Crippen molar-refractivity contribution in [2.45, 2.75) is 0 Å². The van der Waals surface area contributed by atoms with Crippen LogP contribution in [0, 0.1) is 11.2 Å². The van der Waals surface area contributed by atoms with E-state index in [0.717, 1.165) is 5.69 Å². The maximum absolute atomic E-state index is 12.4. The number of anilines is 1. The minimum absolute atomic E-state index is 0. The SMILES string of the molecule is CSC(=N)Nc1ccc(F)cc1.I. The Morgan fingerprint density at radius 3 is 2.38 bits per heavy atom. The zero-order valence-electron chi connectivity index (χ0n) is 7.00. The minimum Gasteiger partial charge on any atom is -0.335 e. The van der Waals surface area contributed by atoms with Crippen molar-refractivity contribution < 1.29 is 4.39 Å². The molecule has 0 aliphatic heterocycles. The van der Waals surface area contributed by atoms with E-state index in [2.05, 4.69) is 5.32 Å². The summed E-state index contributed by atoms with van der Waals surface area (Å²) in [6.07, 6.45) is 1.80. The summed E-state index contributed by atoms with van der Waals surface area (Å²) in [7, 11) is 0. The van der Waals surface area contributed by atoms with Gasteiger partial charge in [0, 0.05) is 5.69 Å². The molecule has 0 unspecified atom stereocenters. The van der Waals surface area contributed by atoms with Gasteiger partial charge in [-0.3, -0.25) is 5.41 Å². The van der Waals surface area contributed by atoms with E-state index in [4.69, 9.17) is 5.41 Å². The van der Waals surface area contributed by atoms with E-state index in [-0.39, 0.29) is 29.8 Å². The summed E-state index contributed by atoms with van der Waals surface area (Å²) in [5.74, 6) is -0.267. The Hall–Kier alpha value is -0.300. The van der Waals surface area contributed by atoms with Gasteiger partial charge in [0.2, 0.25) is 0 Å². The molecule has 1 aromatic rings. The number of halogens is 2. The van der Waals surface area contributed by atoms with Crippen molar-refractivity contribution in [3.05, 3.63) is 30.1 Å². The molecule has 0 aliphatic rings. The summed E-state index contributed by atoms with van der Waals surface area (Å²) in [6.45, 7) is 0. The minimum atomic E-state index is -0.267. The molecule has 0 saturated carbocycles. The molecule has 5 heteroatoms. The van der Waals surface area contributed by atoms with Crippen molar-refractivity contribution in [3.63, 3.8) is 0 Å². The monoisotopic (exact) mass is 312 g/mol. The maximum Gasteiger partial charge on any atom is 0.157 e. The fourth-order valence-electron chi connectivity index (χ4n) is 0.715. The molecule has 72 valence electrons. The summed E-state index contributed by atoms with van der Waals surface area (Å²) in [4.78, 5) is 0. The molecule has 0 spiro atoms. The second-order valence-electron chi connectivity index (χ2n) is 2.17. The molecule has 0 fully saturated rings. The highest BCUT2D eigenvalue weighted by atomic mass is 127. The van der Waals surface area contributed by atoms with Crippen molar-refractivity contribution in [1.29, 1.82) is 5.41 Å². The number of hydrogen-bond donors (Lipinski definition) is 2. The van der Waals surface area contributed by atoms with Crippen LogP contribution in [0.25, 0.3) is 0 Å². The highest BCUT2D eigenvalue weighted by molar-refractivity contribution is 14.0. The molecule has 0 amide bonds. The van der Waals surface area contributed by atoms with Gasteiger partial charge in [-0.15, -0.1) is 24.0 Å². The number of rotatable bonds is 1. The van der Waals surface area contributed by atoms with Crippen LogP contribution in [0.3, 0.4) is 0 Å². The fourth-order valence-corrected chi connectivity index (χ4v) is 0.935. The van der Waals surface area contributed by atoms with E-state index in [1.54, 1.807) is 18.4 Å². The molecule has 0 radical (unpaired) electrons. The molecule has 1 aromatic carbocycles. The number of nitrogens with one attached hydrogen (secondary N) is 2. The molecule has 0 aliphatic carbocycles. The van der Waals surface area contributed by atoms with E-state index in [1.807, 2.05) is 0 Å². The van der Waals surface area contributed by atoms with Gasteiger partial charge in [-0.1, -0.05) is 11.8 Å². The summed E-state index contributed by atoms with van der Waals surface area (Å²) in [5.41, 5.74) is 0.732. The van der Waals surface area contributed by atoms with Crippen LogP contribution in [0.1, 0.15) is 0 Å². The largest absolute Gasteiger partial charge is 0.335 e. The van der Waals surface area contributed by atoms with Crippen molar-refractivity contribution in [3.8, 4) is 0 Å². The Balaban J connectivity index is 0.00000144. The normalized spacial score (nSPS) is 8.77. The smallest absolute Gasteiger partial charge is 0.157 e. The van der Waals surface area contributed by atoms with Crippen LogP contribution >= 0.6 is 35.7 Å². The summed E-state index contributed by atoms with van der Waals surface area (Å²) >= 11 is 1.30. The third kappa shape index (κ3) is 4.47. The first-order valence-electron chi connectivity index (χ1n) is 3.37. The van der Waals surface area contributed by atoms with Crippen LogP contribution in [0.15, 0.2) is 24.3 Å². The van der Waals surface area contributed by atoms with Gasteiger partial charge in [0.25, 0.3) is 0 Å². The molecule has 0 bridgehead atoms. The zero-order valence-corrected chi connectivity index (χ0v) is 10.2. The Labute approximate surface area is 97.8 Å². The van der Waals surface area contributed by atoms with E-state index in [1.165, 1.54) is 23.9 Å². The van der Waals surface area contributed by atoms with Crippen molar-refractivity contribution >= 4 is 46.6 Å². The molecule has 2 nitrogen and oxygen atoms in total. The van der Waals surface area contributed by atoms with Crippen molar-refractivity contribution in [2.24, 2.45) is 0 Å². The number of thioether (sulfide) groups is 1. The average molecular weight is 312 g/mol. The number of amidine groups is 1. The van der Waals surface area contributed by atoms with Gasteiger partial charge in [0.15, 0.2) is 5.17 Å². The van der Waals surface area contributed by atoms with Crippen LogP contribution in [-0.4, -0.2) is 11.4 Å². The second-order valence-corrected chi connectivity index (χ2v) is 2.98. The molecule has 2 N–H and O–H groups in total. The van der Waals surface area contributed by atoms with Crippen LogP contribution in [0.2, 0.25) is 0 Å². The zero-order chi connectivity index (χ0) is 8.97. The van der Waals surface area contributed by atoms with Crippen LogP contribution < -0.4 is 5.32 Å². The van der Waals surface area contributed by atoms with Gasteiger partial charge in [0.1, 0.15) is 5.82 Å². The second kappa shape index (κ2) is 6.20. The van der Waals surface area contributed by atoms with Gasteiger partial charge < -0.3 is 5.32 Å². The lowest BCUT2D eigenvalue weighted by molar-refractivity contribution is 0.628. The molecule has 0 atom stereocenters. The number of hydrogen-bond acceptors (Lipinski definition) is 2. The van der Waals surface area contributed by atoms with E-state index >= 15 is 0 Å². The molecular formula is C8H10FIN2S. The third-order valence-corrected chi connectivity index (χ3v) is 1.82. The predicted molar refractivity (Wildman–Crippen MR) is 66.7 cm³/mol. The quantitative estimate of drug-likeness (QED) is 0.475. The highest BCUT2D eigenvalue weighted by Gasteiger charge is 1.95. The van der Waals surface area contributed by atoms with Gasteiger partial charge in [-0.05, 0) is 30.5 Å². The fraction of sp³-hybridized carbons (Fsp3) is 0.125. The van der Waals surface area contributed by atoms with Gasteiger partial charge >= 0.3 is 0 Å². The van der Waals surface area contributed by atoms with Crippen LogP contribution in [-0.2, 0) is 0 Å². The van der Waals surface area contributed by atoms with Crippen LogP contribution in [0.5, 0.6) is 0 Å². The van der Waals surface area contributed by atoms with E-state index < -0.39 is 0 Å². The summed E-state index contributed by atoms with van der Waals surface area (Å²) in [6, 6.07) is 5.91. The molecule has 0 heterocycles. The Bertz CT molecular complexity index is 276. The Morgan fingerprint density at radius 2 is 1.92 bits per heavy atom. The van der Waals surface area contributed by atoms with Gasteiger partial charge in [-0.25, -0.2) is 4.39 Å². The Morgan fingerprint density at radius 1 is 1.38 bits per heavy atom. The lowest BCUT2D eigenvalue weighted by Crippen LogP contribution is -2.04. The Kier molecular flexibility index (Phi) is 6.06. The molecule has 1 rings (SSSR count). The molecular weight excluding hydrogens is 302 g/mol.